The maximum atomic E-state index is 11.1. The number of hydrogen-bond donors (Lipinski definition) is 1. The Kier molecular flexibility index (Phi) is 7.20. The third kappa shape index (κ3) is 5.44. The number of hydrogen-bond acceptors (Lipinski definition) is 5. The second-order valence-corrected chi connectivity index (χ2v) is 14.4. The Morgan fingerprint density at radius 1 is 0.638 bits per heavy atom. The smallest absolute Gasteiger partial charge is 0.145 e. The van der Waals surface area contributed by atoms with Crippen LogP contribution in [0.4, 0.5) is 0 Å². The highest BCUT2D eigenvalue weighted by atomic mass is 16.3. The van der Waals surface area contributed by atoms with Crippen molar-refractivity contribution in [1.29, 1.82) is 0 Å². The van der Waals surface area contributed by atoms with Gasteiger partial charge in [-0.1, -0.05) is 65.8 Å². The zero-order valence-corrected chi connectivity index (χ0v) is 28.0. The lowest BCUT2D eigenvalue weighted by Crippen LogP contribution is -2.11. The second-order valence-electron chi connectivity index (χ2n) is 14.4. The van der Waals surface area contributed by atoms with E-state index in [1.165, 1.54) is 11.1 Å². The van der Waals surface area contributed by atoms with Gasteiger partial charge in [-0.15, -0.1) is 0 Å². The van der Waals surface area contributed by atoms with E-state index in [0.29, 0.717) is 5.56 Å². The summed E-state index contributed by atoms with van der Waals surface area (Å²) in [4.78, 5) is 19.3. The van der Waals surface area contributed by atoms with Crippen molar-refractivity contribution in [2.45, 2.75) is 59.3 Å². The first kappa shape index (κ1) is 30.3. The van der Waals surface area contributed by atoms with E-state index in [9.17, 15) is 5.11 Å². The first-order chi connectivity index (χ1) is 22.4. The van der Waals surface area contributed by atoms with Gasteiger partial charge >= 0.3 is 0 Å². The monoisotopic (exact) mass is 617 g/mol. The van der Waals surface area contributed by atoms with Crippen LogP contribution in [0.3, 0.4) is 0 Å². The highest BCUT2D eigenvalue weighted by molar-refractivity contribution is 5.98. The van der Waals surface area contributed by atoms with Crippen molar-refractivity contribution in [3.63, 3.8) is 0 Å². The van der Waals surface area contributed by atoms with Gasteiger partial charge in [0.05, 0.1) is 29.1 Å². The van der Waals surface area contributed by atoms with E-state index in [-0.39, 0.29) is 16.6 Å². The van der Waals surface area contributed by atoms with E-state index in [0.717, 1.165) is 61.3 Å². The maximum absolute atomic E-state index is 11.1. The van der Waals surface area contributed by atoms with Crippen molar-refractivity contribution in [1.82, 2.24) is 24.5 Å². The Morgan fingerprint density at radius 2 is 1.40 bits per heavy atom. The summed E-state index contributed by atoms with van der Waals surface area (Å²) in [6, 6.07) is 24.9. The van der Waals surface area contributed by atoms with Gasteiger partial charge in [-0.2, -0.15) is 0 Å². The number of nitrogens with zero attached hydrogens (tertiary/aromatic N) is 5. The molecular formula is C41H39N5O. The highest BCUT2D eigenvalue weighted by Gasteiger charge is 2.23. The van der Waals surface area contributed by atoms with Crippen LogP contribution in [0.2, 0.25) is 0 Å². The molecule has 0 saturated heterocycles. The molecule has 0 amide bonds. The number of pyridine rings is 3. The summed E-state index contributed by atoms with van der Waals surface area (Å²) in [6.07, 6.45) is 9.13. The summed E-state index contributed by atoms with van der Waals surface area (Å²) in [5.74, 6) is 0.955. The molecule has 0 atom stereocenters. The molecule has 1 N–H and O–H groups in total. The molecule has 234 valence electrons. The summed E-state index contributed by atoms with van der Waals surface area (Å²) < 4.78 is 2.11. The van der Waals surface area contributed by atoms with Crippen LogP contribution in [0.25, 0.3) is 61.3 Å². The SMILES string of the molecule is Cc1ccnc2c(-c3cccc(-c4nc5c(-c6cc(C(C)(C)C)ccc6O)cncc5n4-c4cccnc4)c3)cc(C(C)(C)C)cc12. The number of fused-ring (bicyclic) bond motifs is 2. The molecule has 0 bridgehead atoms. The van der Waals surface area contributed by atoms with Gasteiger partial charge in [-0.05, 0) is 88.5 Å². The Balaban J connectivity index is 1.49. The maximum Gasteiger partial charge on any atom is 0.145 e. The van der Waals surface area contributed by atoms with E-state index >= 15 is 0 Å². The average molecular weight is 618 g/mol. The van der Waals surface area contributed by atoms with Crippen LogP contribution in [-0.2, 0) is 10.8 Å². The molecule has 6 heteroatoms. The van der Waals surface area contributed by atoms with Crippen molar-refractivity contribution >= 4 is 21.9 Å². The average Bonchev–Trinajstić information content (AvgIpc) is 3.44. The van der Waals surface area contributed by atoms with Gasteiger partial charge in [0.1, 0.15) is 17.1 Å². The molecule has 7 rings (SSSR count). The molecule has 4 heterocycles. The minimum absolute atomic E-state index is 0.0314. The van der Waals surface area contributed by atoms with Gasteiger partial charge in [-0.3, -0.25) is 19.5 Å². The zero-order chi connectivity index (χ0) is 33.1. The summed E-state index contributed by atoms with van der Waals surface area (Å²) in [5.41, 5.74) is 11.5. The Morgan fingerprint density at radius 3 is 2.15 bits per heavy atom. The van der Waals surface area contributed by atoms with Gasteiger partial charge in [0.25, 0.3) is 0 Å². The number of phenolic OH excluding ortho intramolecular Hbond substituents is 1. The van der Waals surface area contributed by atoms with Crippen LogP contribution in [0.5, 0.6) is 5.75 Å². The summed E-state index contributed by atoms with van der Waals surface area (Å²) in [7, 11) is 0. The largest absolute Gasteiger partial charge is 0.507 e. The number of rotatable bonds is 4. The number of aromatic hydroxyl groups is 1. The summed E-state index contributed by atoms with van der Waals surface area (Å²) in [5, 5.41) is 12.3. The van der Waals surface area contributed by atoms with Crippen LogP contribution in [0.15, 0.2) is 104 Å². The molecule has 0 aliphatic carbocycles. The Labute approximate surface area is 275 Å². The first-order valence-corrected chi connectivity index (χ1v) is 16.0. The van der Waals surface area contributed by atoms with Gasteiger partial charge in [-0.25, -0.2) is 4.98 Å². The molecule has 0 unspecified atom stereocenters. The van der Waals surface area contributed by atoms with Gasteiger partial charge < -0.3 is 5.11 Å². The minimum atomic E-state index is -0.0910. The molecule has 0 saturated carbocycles. The zero-order valence-electron chi connectivity index (χ0n) is 28.0. The lowest BCUT2D eigenvalue weighted by molar-refractivity contribution is 0.476. The van der Waals surface area contributed by atoms with E-state index in [1.54, 1.807) is 18.5 Å². The number of aromatic nitrogens is 5. The molecular weight excluding hydrogens is 578 g/mol. The van der Waals surface area contributed by atoms with Gasteiger partial charge in [0.15, 0.2) is 0 Å². The first-order valence-electron chi connectivity index (χ1n) is 16.0. The van der Waals surface area contributed by atoms with Crippen LogP contribution in [-0.4, -0.2) is 29.6 Å². The van der Waals surface area contributed by atoms with Gasteiger partial charge in [0, 0.05) is 46.2 Å². The Hall–Kier alpha value is -5.36. The molecule has 0 spiro atoms. The molecule has 3 aromatic carbocycles. The van der Waals surface area contributed by atoms with Crippen molar-refractivity contribution in [2.75, 3.05) is 0 Å². The quantitative estimate of drug-likeness (QED) is 0.213. The van der Waals surface area contributed by atoms with Crippen LogP contribution < -0.4 is 0 Å². The fraction of sp³-hybridized carbons (Fsp3) is 0.220. The fourth-order valence-corrected chi connectivity index (χ4v) is 6.22. The lowest BCUT2D eigenvalue weighted by atomic mass is 9.83. The summed E-state index contributed by atoms with van der Waals surface area (Å²) in [6.45, 7) is 15.4. The van der Waals surface area contributed by atoms with E-state index in [2.05, 4.69) is 112 Å². The van der Waals surface area contributed by atoms with Gasteiger partial charge in [0.2, 0.25) is 0 Å². The summed E-state index contributed by atoms with van der Waals surface area (Å²) >= 11 is 0. The molecule has 0 aliphatic rings. The number of benzene rings is 3. The number of imidazole rings is 1. The van der Waals surface area contributed by atoms with Crippen molar-refractivity contribution < 1.29 is 5.11 Å². The lowest BCUT2D eigenvalue weighted by Gasteiger charge is -2.22. The van der Waals surface area contributed by atoms with Crippen LogP contribution in [0.1, 0.15) is 58.2 Å². The van der Waals surface area contributed by atoms with Crippen molar-refractivity contribution in [2.24, 2.45) is 0 Å². The van der Waals surface area contributed by atoms with E-state index < -0.39 is 0 Å². The predicted octanol–water partition coefficient (Wildman–Crippen LogP) is 9.97. The number of phenols is 1. The molecule has 0 fully saturated rings. The van der Waals surface area contributed by atoms with Crippen LogP contribution >= 0.6 is 0 Å². The van der Waals surface area contributed by atoms with Crippen molar-refractivity contribution in [3.05, 3.63) is 120 Å². The molecule has 0 aliphatic heterocycles. The Bertz CT molecular complexity index is 2290. The van der Waals surface area contributed by atoms with Crippen molar-refractivity contribution in [3.8, 4) is 45.1 Å². The molecule has 0 radical (unpaired) electrons. The van der Waals surface area contributed by atoms with E-state index in [4.69, 9.17) is 9.97 Å². The molecule has 47 heavy (non-hydrogen) atoms. The third-order valence-corrected chi connectivity index (χ3v) is 8.99. The second kappa shape index (κ2) is 11.2. The molecule has 6 nitrogen and oxygen atoms in total. The number of aryl methyl sites for hydroxylation is 1. The normalized spacial score (nSPS) is 12.2. The van der Waals surface area contributed by atoms with Crippen LogP contribution in [0, 0.1) is 6.92 Å². The molecule has 4 aromatic heterocycles. The van der Waals surface area contributed by atoms with E-state index in [1.807, 2.05) is 36.8 Å². The third-order valence-electron chi connectivity index (χ3n) is 8.99. The topological polar surface area (TPSA) is 76.7 Å². The predicted molar refractivity (Wildman–Crippen MR) is 192 cm³/mol. The standard InChI is InChI=1S/C41H39N5O/c1-25-15-17-44-37-31(25)20-29(41(5,6)7)21-32(37)26-10-8-11-27(18-26)39-45-38-34(33-19-28(40(2,3)4)13-14-36(33)47)23-43-24-35(38)46(39)30-12-9-16-42-22-30/h8-24,47H,1-7H3. The minimum Gasteiger partial charge on any atom is -0.507 e. The molecule has 7 aromatic rings. The highest BCUT2D eigenvalue weighted by Crippen LogP contribution is 2.40. The fourth-order valence-electron chi connectivity index (χ4n) is 6.22.